The quantitative estimate of drug-likeness (QED) is 0.706. The normalized spacial score (nSPS) is 24.1. The fraction of sp³-hybridized carbons (Fsp3) is 0.857. The fourth-order valence-corrected chi connectivity index (χ4v) is 2.41. The van der Waals surface area contributed by atoms with Crippen LogP contribution >= 0.6 is 0 Å². The first kappa shape index (κ1) is 16.0. The molecule has 19 heavy (non-hydrogen) atoms. The highest BCUT2D eigenvalue weighted by molar-refractivity contribution is 5.81. The van der Waals surface area contributed by atoms with Gasteiger partial charge in [0, 0.05) is 19.6 Å². The van der Waals surface area contributed by atoms with Crippen LogP contribution in [-0.2, 0) is 14.3 Å². The third-order valence-electron chi connectivity index (χ3n) is 3.84. The Morgan fingerprint density at radius 2 is 2.16 bits per heavy atom. The number of amides is 1. The molecule has 1 fully saturated rings. The van der Waals surface area contributed by atoms with Gasteiger partial charge >= 0.3 is 5.97 Å². The van der Waals surface area contributed by atoms with Gasteiger partial charge in [-0.1, -0.05) is 20.3 Å². The fourth-order valence-electron chi connectivity index (χ4n) is 2.41. The van der Waals surface area contributed by atoms with E-state index in [1.54, 1.807) is 0 Å². The van der Waals surface area contributed by atoms with E-state index >= 15 is 0 Å². The van der Waals surface area contributed by atoms with Crippen LogP contribution in [0.25, 0.3) is 0 Å². The summed E-state index contributed by atoms with van der Waals surface area (Å²) in [6, 6.07) is 0. The second kappa shape index (κ2) is 8.15. The minimum Gasteiger partial charge on any atom is -0.481 e. The molecule has 0 aliphatic carbocycles. The highest BCUT2D eigenvalue weighted by atomic mass is 16.5. The van der Waals surface area contributed by atoms with Crippen molar-refractivity contribution in [1.82, 2.24) is 5.32 Å². The molecule has 2 N–H and O–H groups in total. The highest BCUT2D eigenvalue weighted by Gasteiger charge is 2.30. The molecule has 1 heterocycles. The summed E-state index contributed by atoms with van der Waals surface area (Å²) < 4.78 is 5.40. The third kappa shape index (κ3) is 5.59. The van der Waals surface area contributed by atoms with Crippen molar-refractivity contribution >= 4 is 11.9 Å². The van der Waals surface area contributed by atoms with Crippen molar-refractivity contribution in [3.8, 4) is 0 Å². The lowest BCUT2D eigenvalue weighted by Crippen LogP contribution is -2.38. The first-order chi connectivity index (χ1) is 9.04. The first-order valence-corrected chi connectivity index (χ1v) is 7.15. The van der Waals surface area contributed by atoms with Crippen LogP contribution in [0.2, 0.25) is 0 Å². The number of ether oxygens (including phenoxy) is 1. The van der Waals surface area contributed by atoms with Crippen molar-refractivity contribution < 1.29 is 19.4 Å². The average Bonchev–Trinajstić information content (AvgIpc) is 2.79. The number of rotatable bonds is 8. The molecule has 0 spiro atoms. The molecule has 110 valence electrons. The average molecular weight is 271 g/mol. The number of carbonyl (C=O) groups is 2. The van der Waals surface area contributed by atoms with Gasteiger partial charge in [0.2, 0.25) is 5.91 Å². The molecule has 1 amide bonds. The first-order valence-electron chi connectivity index (χ1n) is 7.15. The topological polar surface area (TPSA) is 75.6 Å². The SMILES string of the molecule is CCC(CCNC(=O)C1OCCC1C)CCC(=O)O. The molecule has 5 nitrogen and oxygen atoms in total. The summed E-state index contributed by atoms with van der Waals surface area (Å²) in [5.41, 5.74) is 0. The summed E-state index contributed by atoms with van der Waals surface area (Å²) >= 11 is 0. The molecule has 1 saturated heterocycles. The number of carboxylic acids is 1. The van der Waals surface area contributed by atoms with Crippen molar-refractivity contribution in [2.45, 2.75) is 52.1 Å². The smallest absolute Gasteiger partial charge is 0.303 e. The van der Waals surface area contributed by atoms with Crippen LogP contribution in [0, 0.1) is 11.8 Å². The molecule has 3 atom stereocenters. The molecule has 0 aromatic rings. The van der Waals surface area contributed by atoms with E-state index in [0.717, 1.165) is 19.3 Å². The second-order valence-corrected chi connectivity index (χ2v) is 5.34. The second-order valence-electron chi connectivity index (χ2n) is 5.34. The lowest BCUT2D eigenvalue weighted by Gasteiger charge is -2.17. The molecule has 1 aliphatic heterocycles. The van der Waals surface area contributed by atoms with Crippen LogP contribution in [0.5, 0.6) is 0 Å². The van der Waals surface area contributed by atoms with E-state index in [9.17, 15) is 9.59 Å². The maximum Gasteiger partial charge on any atom is 0.303 e. The molecular weight excluding hydrogens is 246 g/mol. The molecule has 0 saturated carbocycles. The van der Waals surface area contributed by atoms with Crippen LogP contribution < -0.4 is 5.32 Å². The standard InChI is InChI=1S/C14H25NO4/c1-3-11(4-5-12(16)17)6-8-15-14(18)13-10(2)7-9-19-13/h10-11,13H,3-9H2,1-2H3,(H,15,18)(H,16,17). The van der Waals surface area contributed by atoms with E-state index in [1.165, 1.54) is 0 Å². The minimum absolute atomic E-state index is 0.0295. The Balaban J connectivity index is 2.20. The van der Waals surface area contributed by atoms with Gasteiger partial charge in [0.05, 0.1) is 0 Å². The largest absolute Gasteiger partial charge is 0.481 e. The zero-order valence-corrected chi connectivity index (χ0v) is 11.9. The number of aliphatic carboxylic acids is 1. The summed E-state index contributed by atoms with van der Waals surface area (Å²) in [6.45, 7) is 5.34. The summed E-state index contributed by atoms with van der Waals surface area (Å²) in [5, 5.41) is 11.6. The minimum atomic E-state index is -0.754. The Labute approximate surface area is 114 Å². The molecule has 1 rings (SSSR count). The molecule has 3 unspecified atom stereocenters. The van der Waals surface area contributed by atoms with Crippen LogP contribution in [0.1, 0.15) is 46.0 Å². The van der Waals surface area contributed by atoms with Crippen LogP contribution in [0.15, 0.2) is 0 Å². The third-order valence-corrected chi connectivity index (χ3v) is 3.84. The highest BCUT2D eigenvalue weighted by Crippen LogP contribution is 2.20. The van der Waals surface area contributed by atoms with E-state index in [-0.39, 0.29) is 24.3 Å². The Morgan fingerprint density at radius 3 is 2.68 bits per heavy atom. The van der Waals surface area contributed by atoms with Crippen molar-refractivity contribution in [1.29, 1.82) is 0 Å². The van der Waals surface area contributed by atoms with E-state index < -0.39 is 5.97 Å². The molecule has 5 heteroatoms. The van der Waals surface area contributed by atoms with Gasteiger partial charge in [0.15, 0.2) is 0 Å². The van der Waals surface area contributed by atoms with Gasteiger partial charge in [0.25, 0.3) is 0 Å². The predicted octanol–water partition coefficient (Wildman–Crippen LogP) is 1.81. The van der Waals surface area contributed by atoms with Crippen molar-refractivity contribution in [3.63, 3.8) is 0 Å². The number of hydrogen-bond donors (Lipinski definition) is 2. The van der Waals surface area contributed by atoms with E-state index in [2.05, 4.69) is 12.2 Å². The van der Waals surface area contributed by atoms with Crippen molar-refractivity contribution in [2.24, 2.45) is 11.8 Å². The van der Waals surface area contributed by atoms with E-state index in [0.29, 0.717) is 25.5 Å². The lowest BCUT2D eigenvalue weighted by molar-refractivity contribution is -0.137. The summed E-state index contributed by atoms with van der Waals surface area (Å²) in [4.78, 5) is 22.4. The number of hydrogen-bond acceptors (Lipinski definition) is 3. The van der Waals surface area contributed by atoms with Gasteiger partial charge in [-0.25, -0.2) is 0 Å². The zero-order valence-electron chi connectivity index (χ0n) is 11.9. The summed E-state index contributed by atoms with van der Waals surface area (Å²) in [5.74, 6) is -0.138. The van der Waals surface area contributed by atoms with E-state index in [4.69, 9.17) is 9.84 Å². The van der Waals surface area contributed by atoms with Crippen molar-refractivity contribution in [2.75, 3.05) is 13.2 Å². The van der Waals surface area contributed by atoms with Crippen LogP contribution in [0.3, 0.4) is 0 Å². The summed E-state index contributed by atoms with van der Waals surface area (Å²) in [6.07, 6.45) is 3.29. The monoisotopic (exact) mass is 271 g/mol. The maximum absolute atomic E-state index is 11.9. The van der Waals surface area contributed by atoms with Crippen LogP contribution in [0.4, 0.5) is 0 Å². The van der Waals surface area contributed by atoms with Gasteiger partial charge in [0.1, 0.15) is 6.10 Å². The molecule has 0 aromatic heterocycles. The Hall–Kier alpha value is -1.10. The molecule has 0 aromatic carbocycles. The zero-order chi connectivity index (χ0) is 14.3. The molecule has 1 aliphatic rings. The molecular formula is C14H25NO4. The van der Waals surface area contributed by atoms with E-state index in [1.807, 2.05) is 6.92 Å². The van der Waals surface area contributed by atoms with Gasteiger partial charge in [-0.05, 0) is 31.1 Å². The molecule has 0 radical (unpaired) electrons. The molecule has 0 bridgehead atoms. The van der Waals surface area contributed by atoms with Gasteiger partial charge < -0.3 is 15.2 Å². The van der Waals surface area contributed by atoms with Crippen molar-refractivity contribution in [3.05, 3.63) is 0 Å². The Bertz CT molecular complexity index is 306. The number of nitrogens with one attached hydrogen (secondary N) is 1. The predicted molar refractivity (Wildman–Crippen MR) is 71.8 cm³/mol. The van der Waals surface area contributed by atoms with Gasteiger partial charge in [-0.2, -0.15) is 0 Å². The van der Waals surface area contributed by atoms with Gasteiger partial charge in [-0.15, -0.1) is 0 Å². The Morgan fingerprint density at radius 1 is 1.42 bits per heavy atom. The van der Waals surface area contributed by atoms with Gasteiger partial charge in [-0.3, -0.25) is 9.59 Å². The number of carboxylic acid groups (broad SMARTS) is 1. The maximum atomic E-state index is 11.9. The summed E-state index contributed by atoms with van der Waals surface area (Å²) in [7, 11) is 0. The Kier molecular flexibility index (Phi) is 6.84. The number of carbonyl (C=O) groups excluding carboxylic acids is 1. The lowest BCUT2D eigenvalue weighted by atomic mass is 9.96. The van der Waals surface area contributed by atoms with Crippen LogP contribution in [-0.4, -0.2) is 36.2 Å².